The number of nitrogens with one attached hydrogen (secondary N) is 1. The monoisotopic (exact) mass is 420 g/mol. The van der Waals surface area contributed by atoms with Gasteiger partial charge in [0.15, 0.2) is 5.92 Å². The van der Waals surface area contributed by atoms with Crippen molar-refractivity contribution >= 4 is 25.5 Å². The van der Waals surface area contributed by atoms with Gasteiger partial charge in [-0.25, -0.2) is 0 Å². The summed E-state index contributed by atoms with van der Waals surface area (Å²) in [5.41, 5.74) is 2.70. The highest BCUT2D eigenvalue weighted by Gasteiger charge is 2.46. The maximum Gasteiger partial charge on any atom is 0.323 e. The Bertz CT molecular complexity index is 920. The lowest BCUT2D eigenvalue weighted by Crippen LogP contribution is -2.53. The van der Waals surface area contributed by atoms with Gasteiger partial charge in [0, 0.05) is 25.3 Å². The van der Waals surface area contributed by atoms with Gasteiger partial charge in [-0.15, -0.1) is 0 Å². The summed E-state index contributed by atoms with van der Waals surface area (Å²) in [7, 11) is 1.29. The molecule has 0 amide bonds. The summed E-state index contributed by atoms with van der Waals surface area (Å²) in [6, 6.07) is 17.8. The molecular weight excluding hydrogens is 393 g/mol. The van der Waals surface area contributed by atoms with E-state index in [4.69, 9.17) is 9.47 Å². The molecule has 0 spiro atoms. The Hall–Kier alpha value is -2.93. The molecule has 2 aromatic carbocycles. The average Bonchev–Trinajstić information content (AvgIpc) is 2.72. The third kappa shape index (κ3) is 5.23. The summed E-state index contributed by atoms with van der Waals surface area (Å²) in [6.07, 6.45) is 0.772. The van der Waals surface area contributed by atoms with Crippen LogP contribution in [0.25, 0.3) is 11.1 Å². The van der Waals surface area contributed by atoms with Crippen molar-refractivity contribution in [1.29, 1.82) is 0 Å². The molecule has 7 heteroatoms. The molecule has 1 N–H and O–H groups in total. The number of rotatable bonds is 8. The highest BCUT2D eigenvalue weighted by atomic mass is 16.7. The first-order chi connectivity index (χ1) is 14.6. The fourth-order valence-electron chi connectivity index (χ4n) is 3.82. The molecule has 0 saturated carbocycles. The third-order valence-electron chi connectivity index (χ3n) is 5.71. The molecular formula is C24H27BNO5. The lowest BCUT2D eigenvalue weighted by Gasteiger charge is -2.39. The van der Waals surface area contributed by atoms with Crippen molar-refractivity contribution in [2.24, 2.45) is 5.92 Å². The van der Waals surface area contributed by atoms with E-state index in [0.29, 0.717) is 6.19 Å². The van der Waals surface area contributed by atoms with E-state index in [1.54, 1.807) is 0 Å². The lowest BCUT2D eigenvalue weighted by molar-refractivity contribution is -0.240. The van der Waals surface area contributed by atoms with Gasteiger partial charge in [-0.05, 0) is 23.1 Å². The topological polar surface area (TPSA) is 81.7 Å². The van der Waals surface area contributed by atoms with Gasteiger partial charge in [0.25, 0.3) is 13.2 Å². The average molecular weight is 420 g/mol. The molecule has 1 radical (unpaired) electrons. The van der Waals surface area contributed by atoms with Crippen LogP contribution in [0.15, 0.2) is 54.6 Å². The fraction of sp³-hybridized carbons (Fsp3) is 0.375. The number of carbonyl (C=O) groups excluding carboxylic acids is 3. The van der Waals surface area contributed by atoms with Crippen molar-refractivity contribution in [1.82, 2.24) is 5.23 Å². The van der Waals surface area contributed by atoms with Gasteiger partial charge in [0.1, 0.15) is 0 Å². The van der Waals surface area contributed by atoms with Crippen LogP contribution in [0.3, 0.4) is 0 Å². The van der Waals surface area contributed by atoms with Gasteiger partial charge in [0.05, 0.1) is 6.19 Å². The highest BCUT2D eigenvalue weighted by molar-refractivity contribution is 6.64. The molecule has 0 unspecified atom stereocenters. The normalized spacial score (nSPS) is 17.4. The number of ether oxygens (including phenoxy) is 2. The summed E-state index contributed by atoms with van der Waals surface area (Å²) >= 11 is 0. The Morgan fingerprint density at radius 3 is 2.10 bits per heavy atom. The van der Waals surface area contributed by atoms with Gasteiger partial charge < -0.3 is 19.5 Å². The molecule has 6 nitrogen and oxygen atoms in total. The third-order valence-corrected chi connectivity index (χ3v) is 5.71. The van der Waals surface area contributed by atoms with Crippen LogP contribution in [0.4, 0.5) is 0 Å². The van der Waals surface area contributed by atoms with Crippen LogP contribution in [0.2, 0.25) is 0 Å². The van der Waals surface area contributed by atoms with Crippen molar-refractivity contribution in [3.63, 3.8) is 0 Å². The van der Waals surface area contributed by atoms with Crippen LogP contribution in [-0.4, -0.2) is 37.4 Å². The molecule has 0 bridgehead atoms. The maximum absolute atomic E-state index is 12.5. The Labute approximate surface area is 183 Å². The SMILES string of the molecule is CC1(C)OC(=O)C(C[C@H](N[B]C=O)C(C)(C)c2ccc(-c3ccccc3)cc2)C(=O)O1. The standard InChI is InChI=1S/C24H27BNO5/c1-23(2,18-12-10-17(11-13-18)16-8-6-5-7-9-16)20(26-25-15-27)14-19-21(28)30-24(3,4)31-22(19)29/h5-13,15,19-20,26H,14H2,1-4H3/t20-/m0/s1. The highest BCUT2D eigenvalue weighted by Crippen LogP contribution is 2.34. The first-order valence-electron chi connectivity index (χ1n) is 10.3. The smallest absolute Gasteiger partial charge is 0.323 e. The van der Waals surface area contributed by atoms with Crippen LogP contribution in [0, 0.1) is 5.92 Å². The Morgan fingerprint density at radius 1 is 1.00 bits per heavy atom. The molecule has 161 valence electrons. The van der Waals surface area contributed by atoms with E-state index >= 15 is 0 Å². The first kappa shape index (κ1) is 22.8. The van der Waals surface area contributed by atoms with Crippen molar-refractivity contribution in [3.8, 4) is 11.1 Å². The Morgan fingerprint density at radius 2 is 1.55 bits per heavy atom. The van der Waals surface area contributed by atoms with Gasteiger partial charge >= 0.3 is 11.9 Å². The molecule has 0 aromatic heterocycles. The zero-order valence-corrected chi connectivity index (χ0v) is 18.3. The molecule has 1 aliphatic heterocycles. The van der Waals surface area contributed by atoms with E-state index in [0.717, 1.165) is 16.7 Å². The molecule has 2 aromatic rings. The van der Waals surface area contributed by atoms with E-state index in [1.165, 1.54) is 21.3 Å². The number of hydrogen-bond donors (Lipinski definition) is 1. The van der Waals surface area contributed by atoms with Gasteiger partial charge in [-0.2, -0.15) is 0 Å². The zero-order valence-electron chi connectivity index (χ0n) is 18.3. The minimum Gasteiger partial charge on any atom is -0.422 e. The van der Waals surface area contributed by atoms with Gasteiger partial charge in [-0.3, -0.25) is 9.59 Å². The molecule has 1 atom stereocenters. The van der Waals surface area contributed by atoms with E-state index in [-0.39, 0.29) is 6.42 Å². The summed E-state index contributed by atoms with van der Waals surface area (Å²) in [5.74, 6) is -3.57. The quantitative estimate of drug-likeness (QED) is 0.306. The molecule has 31 heavy (non-hydrogen) atoms. The van der Waals surface area contributed by atoms with Crippen molar-refractivity contribution in [2.45, 2.75) is 51.4 Å². The number of esters is 2. The molecule has 1 fully saturated rings. The van der Waals surface area contributed by atoms with Crippen LogP contribution >= 0.6 is 0 Å². The Kier molecular flexibility index (Phi) is 6.65. The minimum absolute atomic E-state index is 0.130. The van der Waals surface area contributed by atoms with Crippen molar-refractivity contribution < 1.29 is 23.9 Å². The minimum atomic E-state index is -1.27. The molecule has 1 saturated heterocycles. The Balaban J connectivity index is 1.84. The predicted molar refractivity (Wildman–Crippen MR) is 119 cm³/mol. The molecule has 1 aliphatic rings. The maximum atomic E-state index is 12.5. The number of cyclic esters (lactones) is 2. The van der Waals surface area contributed by atoms with E-state index in [2.05, 4.69) is 5.23 Å². The van der Waals surface area contributed by atoms with Crippen molar-refractivity contribution in [2.75, 3.05) is 0 Å². The van der Waals surface area contributed by atoms with Crippen molar-refractivity contribution in [3.05, 3.63) is 60.2 Å². The van der Waals surface area contributed by atoms with E-state index in [9.17, 15) is 14.4 Å². The van der Waals surface area contributed by atoms with Crippen LogP contribution in [0.1, 0.15) is 39.7 Å². The second-order valence-electron chi connectivity index (χ2n) is 8.72. The van der Waals surface area contributed by atoms with Gasteiger partial charge in [0.2, 0.25) is 0 Å². The number of hydrogen-bond acceptors (Lipinski definition) is 6. The second kappa shape index (κ2) is 9.06. The molecule has 0 aliphatic carbocycles. The summed E-state index contributed by atoms with van der Waals surface area (Å²) in [6.45, 7) is 7.05. The number of benzene rings is 2. The predicted octanol–water partition coefficient (Wildman–Crippen LogP) is 3.24. The van der Waals surface area contributed by atoms with Crippen LogP contribution < -0.4 is 5.23 Å². The van der Waals surface area contributed by atoms with E-state index in [1.807, 2.05) is 68.4 Å². The van der Waals surface area contributed by atoms with Crippen LogP contribution in [-0.2, 0) is 29.3 Å². The fourth-order valence-corrected chi connectivity index (χ4v) is 3.82. The molecule has 1 heterocycles. The van der Waals surface area contributed by atoms with Crippen LogP contribution in [0.5, 0.6) is 0 Å². The second-order valence-corrected chi connectivity index (χ2v) is 8.72. The largest absolute Gasteiger partial charge is 0.422 e. The lowest BCUT2D eigenvalue weighted by atomic mass is 9.72. The molecule has 3 rings (SSSR count). The van der Waals surface area contributed by atoms with E-state index < -0.39 is 35.1 Å². The zero-order chi connectivity index (χ0) is 22.6. The number of carbonyl (C=O) groups is 3. The summed E-state index contributed by atoms with van der Waals surface area (Å²) in [4.78, 5) is 35.9. The summed E-state index contributed by atoms with van der Waals surface area (Å²) < 4.78 is 10.5. The first-order valence-corrected chi connectivity index (χ1v) is 10.3. The summed E-state index contributed by atoms with van der Waals surface area (Å²) in [5, 5.41) is 3.06. The van der Waals surface area contributed by atoms with Gasteiger partial charge in [-0.1, -0.05) is 68.4 Å².